The van der Waals surface area contributed by atoms with Crippen LogP contribution in [0.4, 0.5) is 5.69 Å². The van der Waals surface area contributed by atoms with Gasteiger partial charge in [0.05, 0.1) is 21.3 Å². The zero-order valence-corrected chi connectivity index (χ0v) is 14.6. The van der Waals surface area contributed by atoms with Gasteiger partial charge in [0.25, 0.3) is 5.91 Å². The van der Waals surface area contributed by atoms with Crippen LogP contribution in [-0.4, -0.2) is 11.0 Å². The number of amides is 1. The lowest BCUT2D eigenvalue weighted by Crippen LogP contribution is -2.34. The van der Waals surface area contributed by atoms with Gasteiger partial charge in [-0.2, -0.15) is 0 Å². The van der Waals surface area contributed by atoms with Crippen LogP contribution < -0.4 is 10.6 Å². The molecule has 0 spiro atoms. The molecular formula is C14H8Cl4N2OS. The molecule has 0 unspecified atom stereocenters. The van der Waals surface area contributed by atoms with Crippen molar-refractivity contribution in [3.8, 4) is 0 Å². The van der Waals surface area contributed by atoms with E-state index in [0.29, 0.717) is 20.8 Å². The van der Waals surface area contributed by atoms with Gasteiger partial charge in [-0.25, -0.2) is 0 Å². The van der Waals surface area contributed by atoms with Crippen LogP contribution in [-0.2, 0) is 0 Å². The van der Waals surface area contributed by atoms with Gasteiger partial charge >= 0.3 is 0 Å². The summed E-state index contributed by atoms with van der Waals surface area (Å²) >= 11 is 28.7. The van der Waals surface area contributed by atoms with E-state index < -0.39 is 5.91 Å². The number of hydrogen-bond acceptors (Lipinski definition) is 2. The molecule has 2 aromatic rings. The van der Waals surface area contributed by atoms with E-state index in [4.69, 9.17) is 58.6 Å². The van der Waals surface area contributed by atoms with E-state index in [9.17, 15) is 4.79 Å². The fourth-order valence-electron chi connectivity index (χ4n) is 1.59. The fraction of sp³-hybridized carbons (Fsp3) is 0. The summed E-state index contributed by atoms with van der Waals surface area (Å²) in [5.74, 6) is -0.461. The highest BCUT2D eigenvalue weighted by Gasteiger charge is 2.13. The van der Waals surface area contributed by atoms with E-state index in [1.54, 1.807) is 24.3 Å². The molecule has 3 nitrogen and oxygen atoms in total. The summed E-state index contributed by atoms with van der Waals surface area (Å²) in [6.07, 6.45) is 0. The van der Waals surface area contributed by atoms with Crippen molar-refractivity contribution in [1.29, 1.82) is 0 Å². The monoisotopic (exact) mass is 392 g/mol. The second kappa shape index (κ2) is 7.49. The van der Waals surface area contributed by atoms with Crippen molar-refractivity contribution in [3.05, 3.63) is 62.1 Å². The number of nitrogens with one attached hydrogen (secondary N) is 2. The molecule has 0 aromatic heterocycles. The van der Waals surface area contributed by atoms with E-state index in [2.05, 4.69) is 10.6 Å². The third kappa shape index (κ3) is 4.48. The SMILES string of the molecule is O=C(NC(=S)Nc1cc(Cl)ccc1Cl)c1ccc(Cl)cc1Cl. The van der Waals surface area contributed by atoms with Crippen molar-refractivity contribution in [3.63, 3.8) is 0 Å². The highest BCUT2D eigenvalue weighted by molar-refractivity contribution is 7.80. The smallest absolute Gasteiger partial charge is 0.258 e. The minimum absolute atomic E-state index is 0.0696. The van der Waals surface area contributed by atoms with E-state index >= 15 is 0 Å². The number of thiocarbonyl (C=S) groups is 1. The number of carbonyl (C=O) groups is 1. The number of carbonyl (C=O) groups excluding carboxylic acids is 1. The Kier molecular flexibility index (Phi) is 5.89. The molecule has 114 valence electrons. The molecule has 0 heterocycles. The Morgan fingerprint density at radius 1 is 0.909 bits per heavy atom. The predicted molar refractivity (Wildman–Crippen MR) is 96.6 cm³/mol. The van der Waals surface area contributed by atoms with E-state index in [1.807, 2.05) is 0 Å². The van der Waals surface area contributed by atoms with Gasteiger partial charge in [0.1, 0.15) is 0 Å². The van der Waals surface area contributed by atoms with Gasteiger partial charge in [-0.05, 0) is 48.6 Å². The molecule has 0 saturated carbocycles. The summed E-state index contributed by atoms with van der Waals surface area (Å²) < 4.78 is 0. The minimum atomic E-state index is -0.461. The summed E-state index contributed by atoms with van der Waals surface area (Å²) in [7, 11) is 0. The maximum atomic E-state index is 12.1. The van der Waals surface area contributed by atoms with Crippen LogP contribution in [0.5, 0.6) is 0 Å². The van der Waals surface area contributed by atoms with Crippen LogP contribution in [0.25, 0.3) is 0 Å². The Hall–Kier alpha value is -1.04. The number of anilines is 1. The summed E-state index contributed by atoms with van der Waals surface area (Å²) in [4.78, 5) is 12.1. The van der Waals surface area contributed by atoms with Gasteiger partial charge in [-0.1, -0.05) is 46.4 Å². The quantitative estimate of drug-likeness (QED) is 0.668. The van der Waals surface area contributed by atoms with E-state index in [0.717, 1.165) is 0 Å². The summed E-state index contributed by atoms with van der Waals surface area (Å²) in [6, 6.07) is 9.40. The van der Waals surface area contributed by atoms with Crippen molar-refractivity contribution < 1.29 is 4.79 Å². The van der Waals surface area contributed by atoms with Gasteiger partial charge in [0.2, 0.25) is 0 Å². The van der Waals surface area contributed by atoms with Crippen LogP contribution in [0, 0.1) is 0 Å². The maximum Gasteiger partial charge on any atom is 0.258 e. The van der Waals surface area contributed by atoms with Gasteiger partial charge in [0, 0.05) is 10.0 Å². The first-order valence-electron chi connectivity index (χ1n) is 5.89. The minimum Gasteiger partial charge on any atom is -0.331 e. The molecular weight excluding hydrogens is 386 g/mol. The summed E-state index contributed by atoms with van der Waals surface area (Å²) in [5, 5.41) is 6.95. The second-order valence-electron chi connectivity index (χ2n) is 4.16. The molecule has 8 heteroatoms. The lowest BCUT2D eigenvalue weighted by atomic mass is 10.2. The van der Waals surface area contributed by atoms with Crippen molar-refractivity contribution in [1.82, 2.24) is 5.32 Å². The van der Waals surface area contributed by atoms with Crippen LogP contribution in [0.1, 0.15) is 10.4 Å². The Balaban J connectivity index is 2.08. The number of halogens is 4. The van der Waals surface area contributed by atoms with Gasteiger partial charge in [0.15, 0.2) is 5.11 Å². The normalized spacial score (nSPS) is 10.2. The standard InChI is InChI=1S/C14H8Cl4N2OS/c15-7-1-3-9(11(18)5-7)13(21)20-14(22)19-12-6-8(16)2-4-10(12)17/h1-6H,(H2,19,20,21,22). The van der Waals surface area contributed by atoms with Gasteiger partial charge in [-0.3, -0.25) is 10.1 Å². The van der Waals surface area contributed by atoms with Crippen molar-refractivity contribution in [2.45, 2.75) is 0 Å². The lowest BCUT2D eigenvalue weighted by molar-refractivity contribution is 0.0978. The average Bonchev–Trinajstić information content (AvgIpc) is 2.42. The molecule has 2 aromatic carbocycles. The molecule has 0 aliphatic carbocycles. The Bertz CT molecular complexity index is 752. The van der Waals surface area contributed by atoms with Crippen LogP contribution >= 0.6 is 58.6 Å². The highest BCUT2D eigenvalue weighted by Crippen LogP contribution is 2.25. The van der Waals surface area contributed by atoms with Gasteiger partial charge in [-0.15, -0.1) is 0 Å². The first-order chi connectivity index (χ1) is 10.4. The van der Waals surface area contributed by atoms with Crippen molar-refractivity contribution >= 4 is 75.3 Å². The summed E-state index contributed by atoms with van der Waals surface area (Å²) in [6.45, 7) is 0. The molecule has 0 aliphatic heterocycles. The molecule has 1 amide bonds. The topological polar surface area (TPSA) is 41.1 Å². The molecule has 0 fully saturated rings. The number of hydrogen-bond donors (Lipinski definition) is 2. The van der Waals surface area contributed by atoms with Crippen LogP contribution in [0.15, 0.2) is 36.4 Å². The van der Waals surface area contributed by atoms with E-state index in [-0.39, 0.29) is 15.7 Å². The number of rotatable bonds is 2. The molecule has 0 bridgehead atoms. The molecule has 0 radical (unpaired) electrons. The highest BCUT2D eigenvalue weighted by atomic mass is 35.5. The maximum absolute atomic E-state index is 12.1. The molecule has 0 saturated heterocycles. The third-order valence-corrected chi connectivity index (χ3v) is 3.90. The Labute approximate surface area is 152 Å². The first kappa shape index (κ1) is 17.3. The van der Waals surface area contributed by atoms with Crippen molar-refractivity contribution in [2.24, 2.45) is 0 Å². The zero-order valence-electron chi connectivity index (χ0n) is 10.8. The summed E-state index contributed by atoms with van der Waals surface area (Å²) in [5.41, 5.74) is 0.745. The third-order valence-electron chi connectivity index (χ3n) is 2.58. The average molecular weight is 394 g/mol. The van der Waals surface area contributed by atoms with Crippen LogP contribution in [0.2, 0.25) is 20.1 Å². The number of benzene rings is 2. The van der Waals surface area contributed by atoms with Crippen molar-refractivity contribution in [2.75, 3.05) is 5.32 Å². The lowest BCUT2D eigenvalue weighted by Gasteiger charge is -2.12. The fourth-order valence-corrected chi connectivity index (χ4v) is 2.62. The predicted octanol–water partition coefficient (Wildman–Crippen LogP) is 5.43. The Morgan fingerprint density at radius 3 is 2.23 bits per heavy atom. The largest absolute Gasteiger partial charge is 0.331 e. The molecule has 2 rings (SSSR count). The molecule has 2 N–H and O–H groups in total. The van der Waals surface area contributed by atoms with E-state index in [1.165, 1.54) is 12.1 Å². The second-order valence-corrected chi connectivity index (χ2v) is 6.25. The molecule has 22 heavy (non-hydrogen) atoms. The Morgan fingerprint density at radius 2 is 1.55 bits per heavy atom. The zero-order chi connectivity index (χ0) is 16.3. The molecule has 0 aliphatic rings. The molecule has 0 atom stereocenters. The first-order valence-corrected chi connectivity index (χ1v) is 7.81. The van der Waals surface area contributed by atoms with Crippen LogP contribution in [0.3, 0.4) is 0 Å². The van der Waals surface area contributed by atoms with Gasteiger partial charge < -0.3 is 5.32 Å².